The standard InChI is InChI=1S/C21H23NO2S2/c1-3-24-15-7-5-14(6-8-15)22-21(23)20-11-19-17(12-25-20)16-9-4-13(2)10-18(16)26-19/h5-8,11,13H,3-4,9-10,12H2,1-2H3,(H,22,23)/t13-/m1/s1. The molecular weight excluding hydrogens is 362 g/mol. The van der Waals surface area contributed by atoms with E-state index in [4.69, 9.17) is 4.74 Å². The number of carbonyl (C=O) groups excluding carboxylic acids is 1. The summed E-state index contributed by atoms with van der Waals surface area (Å²) in [4.78, 5) is 16.3. The summed E-state index contributed by atoms with van der Waals surface area (Å²) in [6, 6.07) is 7.53. The lowest BCUT2D eigenvalue weighted by Gasteiger charge is -2.20. The number of fused-ring (bicyclic) bond motifs is 3. The van der Waals surface area contributed by atoms with Crippen molar-refractivity contribution in [2.75, 3.05) is 11.9 Å². The summed E-state index contributed by atoms with van der Waals surface area (Å²) in [5.74, 6) is 2.49. The predicted octanol–water partition coefficient (Wildman–Crippen LogP) is 5.50. The number of hydrogen-bond donors (Lipinski definition) is 1. The van der Waals surface area contributed by atoms with E-state index in [2.05, 4.69) is 18.3 Å². The largest absolute Gasteiger partial charge is 0.494 e. The quantitative estimate of drug-likeness (QED) is 0.755. The van der Waals surface area contributed by atoms with Crippen molar-refractivity contribution in [2.24, 2.45) is 5.92 Å². The lowest BCUT2D eigenvalue weighted by Crippen LogP contribution is -2.14. The van der Waals surface area contributed by atoms with E-state index in [-0.39, 0.29) is 5.91 Å². The number of anilines is 1. The molecule has 0 radical (unpaired) electrons. The topological polar surface area (TPSA) is 38.3 Å². The molecule has 1 atom stereocenters. The molecule has 26 heavy (non-hydrogen) atoms. The average molecular weight is 386 g/mol. The van der Waals surface area contributed by atoms with Crippen LogP contribution in [-0.4, -0.2) is 12.5 Å². The van der Waals surface area contributed by atoms with E-state index >= 15 is 0 Å². The Morgan fingerprint density at radius 2 is 2.08 bits per heavy atom. The molecule has 1 N–H and O–H groups in total. The molecule has 1 aromatic heterocycles. The smallest absolute Gasteiger partial charge is 0.262 e. The van der Waals surface area contributed by atoms with E-state index in [0.29, 0.717) is 6.61 Å². The molecule has 136 valence electrons. The molecule has 0 saturated carbocycles. The monoisotopic (exact) mass is 385 g/mol. The van der Waals surface area contributed by atoms with Gasteiger partial charge in [0, 0.05) is 21.2 Å². The van der Waals surface area contributed by atoms with Crippen LogP contribution in [-0.2, 0) is 23.4 Å². The van der Waals surface area contributed by atoms with Crippen molar-refractivity contribution >= 4 is 40.8 Å². The third-order valence-corrected chi connectivity index (χ3v) is 7.22. The maximum atomic E-state index is 12.7. The highest BCUT2D eigenvalue weighted by Gasteiger charge is 2.26. The van der Waals surface area contributed by atoms with Gasteiger partial charge in [-0.1, -0.05) is 6.92 Å². The molecule has 2 aromatic rings. The molecule has 1 aliphatic carbocycles. The van der Waals surface area contributed by atoms with Crippen LogP contribution in [0, 0.1) is 5.92 Å². The van der Waals surface area contributed by atoms with E-state index in [1.165, 1.54) is 29.7 Å². The Labute approximate surface area is 162 Å². The highest BCUT2D eigenvalue weighted by atomic mass is 32.2. The number of amides is 1. The second kappa shape index (κ2) is 7.49. The molecule has 1 aliphatic heterocycles. The fourth-order valence-corrected chi connectivity index (χ4v) is 6.20. The Morgan fingerprint density at radius 3 is 2.85 bits per heavy atom. The number of ether oxygens (including phenoxy) is 1. The number of benzene rings is 1. The Bertz CT molecular complexity index is 852. The van der Waals surface area contributed by atoms with Gasteiger partial charge in [-0.15, -0.1) is 23.1 Å². The maximum absolute atomic E-state index is 12.7. The van der Waals surface area contributed by atoms with Crippen molar-refractivity contribution in [2.45, 2.75) is 38.9 Å². The maximum Gasteiger partial charge on any atom is 0.262 e. The SMILES string of the molecule is CCOc1ccc(NC(=O)C2=Cc3sc4c(c3CS2)CC[C@@H](C)C4)cc1. The first-order valence-corrected chi connectivity index (χ1v) is 11.0. The number of nitrogens with one attached hydrogen (secondary N) is 1. The summed E-state index contributed by atoms with van der Waals surface area (Å²) in [7, 11) is 0. The zero-order valence-corrected chi connectivity index (χ0v) is 16.8. The fraction of sp³-hybridized carbons (Fsp3) is 0.381. The minimum absolute atomic E-state index is 0.0236. The summed E-state index contributed by atoms with van der Waals surface area (Å²) in [5, 5.41) is 3.00. The first kappa shape index (κ1) is 17.7. The lowest BCUT2D eigenvalue weighted by atomic mass is 9.88. The Balaban J connectivity index is 1.50. The lowest BCUT2D eigenvalue weighted by molar-refractivity contribution is -0.112. The Hall–Kier alpha value is -1.72. The Kier molecular flexibility index (Phi) is 5.09. The van der Waals surface area contributed by atoms with Gasteiger partial charge < -0.3 is 10.1 Å². The first-order chi connectivity index (χ1) is 12.6. The van der Waals surface area contributed by atoms with Gasteiger partial charge >= 0.3 is 0 Å². The van der Waals surface area contributed by atoms with E-state index in [1.54, 1.807) is 22.2 Å². The summed E-state index contributed by atoms with van der Waals surface area (Å²) < 4.78 is 5.44. The first-order valence-electron chi connectivity index (χ1n) is 9.16. The minimum atomic E-state index is -0.0236. The molecule has 0 bridgehead atoms. The highest BCUT2D eigenvalue weighted by molar-refractivity contribution is 8.03. The fourth-order valence-electron chi connectivity index (χ4n) is 3.55. The van der Waals surface area contributed by atoms with Crippen LogP contribution >= 0.6 is 23.1 Å². The van der Waals surface area contributed by atoms with Crippen LogP contribution in [0.3, 0.4) is 0 Å². The molecule has 0 saturated heterocycles. The molecule has 3 nitrogen and oxygen atoms in total. The van der Waals surface area contributed by atoms with Gasteiger partial charge in [0.15, 0.2) is 0 Å². The predicted molar refractivity (Wildman–Crippen MR) is 111 cm³/mol. The van der Waals surface area contributed by atoms with Crippen molar-refractivity contribution in [3.63, 3.8) is 0 Å². The average Bonchev–Trinajstić information content (AvgIpc) is 3.00. The summed E-state index contributed by atoms with van der Waals surface area (Å²) in [6.45, 7) is 4.93. The zero-order valence-electron chi connectivity index (χ0n) is 15.1. The number of hydrogen-bond acceptors (Lipinski definition) is 4. The Morgan fingerprint density at radius 1 is 1.27 bits per heavy atom. The van der Waals surface area contributed by atoms with Gasteiger partial charge in [-0.3, -0.25) is 4.79 Å². The van der Waals surface area contributed by atoms with Crippen LogP contribution in [0.4, 0.5) is 5.69 Å². The molecular formula is C21H23NO2S2. The van der Waals surface area contributed by atoms with Crippen LogP contribution < -0.4 is 10.1 Å². The van der Waals surface area contributed by atoms with Gasteiger partial charge in [-0.2, -0.15) is 0 Å². The van der Waals surface area contributed by atoms with Crippen LogP contribution in [0.5, 0.6) is 5.75 Å². The van der Waals surface area contributed by atoms with Crippen LogP contribution in [0.25, 0.3) is 6.08 Å². The van der Waals surface area contributed by atoms with E-state index in [0.717, 1.165) is 28.0 Å². The normalized spacial score (nSPS) is 18.5. The van der Waals surface area contributed by atoms with E-state index < -0.39 is 0 Å². The second-order valence-corrected chi connectivity index (χ2v) is 9.06. The van der Waals surface area contributed by atoms with E-state index in [1.807, 2.05) is 42.5 Å². The van der Waals surface area contributed by atoms with Crippen LogP contribution in [0.15, 0.2) is 29.2 Å². The van der Waals surface area contributed by atoms with Crippen molar-refractivity contribution in [1.29, 1.82) is 0 Å². The molecule has 0 unspecified atom stereocenters. The van der Waals surface area contributed by atoms with E-state index in [9.17, 15) is 4.79 Å². The van der Waals surface area contributed by atoms with Crippen molar-refractivity contribution in [1.82, 2.24) is 0 Å². The molecule has 4 rings (SSSR count). The zero-order chi connectivity index (χ0) is 18.1. The van der Waals surface area contributed by atoms with Crippen molar-refractivity contribution < 1.29 is 9.53 Å². The molecule has 1 amide bonds. The third-order valence-electron chi connectivity index (χ3n) is 4.93. The van der Waals surface area contributed by atoms with Gasteiger partial charge in [0.1, 0.15) is 5.75 Å². The highest BCUT2D eigenvalue weighted by Crippen LogP contribution is 2.43. The van der Waals surface area contributed by atoms with Gasteiger partial charge in [-0.05, 0) is 73.6 Å². The molecule has 1 aromatic carbocycles. The summed E-state index contributed by atoms with van der Waals surface area (Å²) >= 11 is 3.54. The van der Waals surface area contributed by atoms with Gasteiger partial charge in [0.05, 0.1) is 11.5 Å². The number of carbonyl (C=O) groups is 1. The number of thiophene rings is 1. The molecule has 2 aliphatic rings. The van der Waals surface area contributed by atoms with Crippen LogP contribution in [0.2, 0.25) is 0 Å². The van der Waals surface area contributed by atoms with Crippen molar-refractivity contribution in [3.05, 3.63) is 50.1 Å². The second-order valence-electron chi connectivity index (χ2n) is 6.90. The summed E-state index contributed by atoms with van der Waals surface area (Å²) in [5.41, 5.74) is 3.84. The molecule has 0 spiro atoms. The number of rotatable bonds is 4. The summed E-state index contributed by atoms with van der Waals surface area (Å²) in [6.07, 6.45) is 5.76. The van der Waals surface area contributed by atoms with Crippen molar-refractivity contribution in [3.8, 4) is 5.75 Å². The van der Waals surface area contributed by atoms with Gasteiger partial charge in [0.25, 0.3) is 5.91 Å². The molecule has 0 fully saturated rings. The minimum Gasteiger partial charge on any atom is -0.494 e. The number of thioether (sulfide) groups is 1. The third kappa shape index (κ3) is 3.55. The van der Waals surface area contributed by atoms with Gasteiger partial charge in [-0.25, -0.2) is 0 Å². The molecule has 2 heterocycles. The molecule has 5 heteroatoms. The van der Waals surface area contributed by atoms with Crippen LogP contribution in [0.1, 0.15) is 41.1 Å². The van der Waals surface area contributed by atoms with Gasteiger partial charge in [0.2, 0.25) is 0 Å².